The Kier molecular flexibility index (Phi) is 7.29. The van der Waals surface area contributed by atoms with Crippen molar-refractivity contribution < 1.29 is 23.9 Å². The molecule has 1 aliphatic heterocycles. The Morgan fingerprint density at radius 2 is 1.61 bits per heavy atom. The van der Waals surface area contributed by atoms with Gasteiger partial charge in [0, 0.05) is 16.5 Å². The highest BCUT2D eigenvalue weighted by Crippen LogP contribution is 2.56. The summed E-state index contributed by atoms with van der Waals surface area (Å²) in [4.78, 5) is 59.7. The number of ether oxygens (including phenoxy) is 1. The molecule has 2 aliphatic carbocycles. The van der Waals surface area contributed by atoms with Gasteiger partial charge in [0.15, 0.2) is 6.10 Å². The molecule has 3 aromatic carbocycles. The molecule has 44 heavy (non-hydrogen) atoms. The molecule has 8 heteroatoms. The molecule has 4 aromatic rings. The maximum atomic E-state index is 13.7. The SMILES string of the molecule is CCCC(OC(=O)c1cc(-c2ccc(N3C(=O)C4C5CCC(C5)C4C3=O)cc2)nc2c(Cl)cccc12)C(=O)c1ccccc1. The lowest BCUT2D eigenvalue weighted by Gasteiger charge is -2.19. The van der Waals surface area contributed by atoms with E-state index in [0.29, 0.717) is 63.1 Å². The minimum absolute atomic E-state index is 0.0905. The Balaban J connectivity index is 1.20. The Morgan fingerprint density at radius 3 is 2.27 bits per heavy atom. The molecule has 2 heterocycles. The van der Waals surface area contributed by atoms with Crippen molar-refractivity contribution >= 4 is 51.8 Å². The summed E-state index contributed by atoms with van der Waals surface area (Å²) in [5.74, 6) is -0.829. The third-order valence-corrected chi connectivity index (χ3v) is 9.81. The number of amides is 2. The monoisotopic (exact) mass is 606 g/mol. The van der Waals surface area contributed by atoms with Crippen LogP contribution in [-0.4, -0.2) is 34.7 Å². The van der Waals surface area contributed by atoms with Crippen LogP contribution >= 0.6 is 11.6 Å². The highest BCUT2D eigenvalue weighted by atomic mass is 35.5. The summed E-state index contributed by atoms with van der Waals surface area (Å²) in [7, 11) is 0. The molecule has 5 unspecified atom stereocenters. The van der Waals surface area contributed by atoms with Gasteiger partial charge >= 0.3 is 5.97 Å². The van der Waals surface area contributed by atoms with Crippen molar-refractivity contribution in [1.29, 1.82) is 0 Å². The molecule has 1 saturated heterocycles. The Morgan fingerprint density at radius 1 is 0.932 bits per heavy atom. The minimum Gasteiger partial charge on any atom is -0.450 e. The molecule has 2 amide bonds. The van der Waals surface area contributed by atoms with E-state index < -0.39 is 12.1 Å². The number of pyridine rings is 1. The first-order valence-corrected chi connectivity index (χ1v) is 15.6. The average Bonchev–Trinajstić information content (AvgIpc) is 3.74. The molecule has 5 atom stereocenters. The molecule has 1 aromatic heterocycles. The van der Waals surface area contributed by atoms with Gasteiger partial charge in [0.1, 0.15) is 0 Å². The fraction of sp³-hybridized carbons (Fsp3) is 0.306. The van der Waals surface area contributed by atoms with Gasteiger partial charge in [-0.1, -0.05) is 79.5 Å². The first-order chi connectivity index (χ1) is 21.4. The molecule has 222 valence electrons. The minimum atomic E-state index is -0.940. The number of fused-ring (bicyclic) bond motifs is 6. The van der Waals surface area contributed by atoms with Gasteiger partial charge in [0.25, 0.3) is 0 Å². The van der Waals surface area contributed by atoms with Crippen molar-refractivity contribution in [2.75, 3.05) is 4.90 Å². The number of rotatable bonds is 8. The summed E-state index contributed by atoms with van der Waals surface area (Å²) >= 11 is 6.55. The molecule has 0 radical (unpaired) electrons. The normalized spacial score (nSPS) is 22.8. The summed E-state index contributed by atoms with van der Waals surface area (Å²) in [5, 5.41) is 0.884. The Hall–Kier alpha value is -4.36. The van der Waals surface area contributed by atoms with Crippen molar-refractivity contribution in [3.63, 3.8) is 0 Å². The fourth-order valence-corrected chi connectivity index (χ4v) is 7.68. The number of carbonyl (C=O) groups is 4. The molecule has 3 aliphatic rings. The molecule has 0 spiro atoms. The van der Waals surface area contributed by atoms with E-state index in [1.54, 1.807) is 72.8 Å². The smallest absolute Gasteiger partial charge is 0.339 e. The lowest BCUT2D eigenvalue weighted by Crippen LogP contribution is -2.32. The number of imide groups is 1. The van der Waals surface area contributed by atoms with E-state index in [1.165, 1.54) is 4.90 Å². The van der Waals surface area contributed by atoms with E-state index in [9.17, 15) is 19.2 Å². The van der Waals surface area contributed by atoms with Crippen molar-refractivity contribution in [2.45, 2.75) is 45.1 Å². The quantitative estimate of drug-likeness (QED) is 0.119. The predicted molar refractivity (Wildman–Crippen MR) is 167 cm³/mol. The van der Waals surface area contributed by atoms with E-state index in [0.717, 1.165) is 19.3 Å². The fourth-order valence-electron chi connectivity index (χ4n) is 7.46. The Bertz CT molecular complexity index is 1780. The third-order valence-electron chi connectivity index (χ3n) is 9.51. The van der Waals surface area contributed by atoms with Crippen LogP contribution in [0.1, 0.15) is 59.7 Å². The van der Waals surface area contributed by atoms with Crippen molar-refractivity contribution in [3.8, 4) is 11.3 Å². The summed E-state index contributed by atoms with van der Waals surface area (Å²) in [5.41, 5.74) is 2.84. The summed E-state index contributed by atoms with van der Waals surface area (Å²) in [6.07, 6.45) is 3.14. The number of esters is 1. The van der Waals surface area contributed by atoms with Crippen LogP contribution in [0.4, 0.5) is 5.69 Å². The van der Waals surface area contributed by atoms with Crippen molar-refractivity contribution in [1.82, 2.24) is 4.98 Å². The first-order valence-electron chi connectivity index (χ1n) is 15.2. The molecular weight excluding hydrogens is 576 g/mol. The van der Waals surface area contributed by atoms with Gasteiger partial charge in [-0.25, -0.2) is 9.78 Å². The largest absolute Gasteiger partial charge is 0.450 e. The molecule has 7 rings (SSSR count). The van der Waals surface area contributed by atoms with Crippen LogP contribution in [0.5, 0.6) is 0 Å². The number of hydrogen-bond acceptors (Lipinski definition) is 6. The second-order valence-corrected chi connectivity index (χ2v) is 12.5. The number of carbonyl (C=O) groups excluding carboxylic acids is 4. The van der Waals surface area contributed by atoms with E-state index in [2.05, 4.69) is 0 Å². The summed E-state index contributed by atoms with van der Waals surface area (Å²) in [6.45, 7) is 1.93. The van der Waals surface area contributed by atoms with Crippen LogP contribution in [0.3, 0.4) is 0 Å². The van der Waals surface area contributed by atoms with Crippen LogP contribution in [0.25, 0.3) is 22.2 Å². The first kappa shape index (κ1) is 28.4. The number of nitrogens with zero attached hydrogens (tertiary/aromatic N) is 2. The van der Waals surface area contributed by atoms with E-state index in [1.807, 2.05) is 13.0 Å². The third kappa shape index (κ3) is 4.70. The van der Waals surface area contributed by atoms with Crippen LogP contribution in [0.2, 0.25) is 5.02 Å². The van der Waals surface area contributed by atoms with Crippen LogP contribution in [0.15, 0.2) is 78.9 Å². The second-order valence-electron chi connectivity index (χ2n) is 12.0. The zero-order valence-corrected chi connectivity index (χ0v) is 25.0. The average molecular weight is 607 g/mol. The number of ketones is 1. The molecule has 3 fully saturated rings. The van der Waals surface area contributed by atoms with Gasteiger partial charge in [-0.05, 0) is 61.8 Å². The number of anilines is 1. The van der Waals surface area contributed by atoms with E-state index in [-0.39, 0.29) is 35.0 Å². The predicted octanol–water partition coefficient (Wildman–Crippen LogP) is 7.30. The molecule has 2 bridgehead atoms. The van der Waals surface area contributed by atoms with Crippen LogP contribution in [-0.2, 0) is 14.3 Å². The zero-order chi connectivity index (χ0) is 30.5. The standard InChI is InChI=1S/C36H31ClN2O5/c1-2-7-29(33(40)21-8-4-3-5-9-21)44-36(43)26-19-28(38-32-25(26)10-6-11-27(32)37)20-14-16-24(17-15-20)39-34(41)30-22-12-13-23(18-22)31(30)35(39)42/h3-6,8-11,14-17,19,22-23,29-31H,2,7,12-13,18H2,1H3. The van der Waals surface area contributed by atoms with Crippen LogP contribution < -0.4 is 4.90 Å². The summed E-state index contributed by atoms with van der Waals surface area (Å²) < 4.78 is 5.86. The lowest BCUT2D eigenvalue weighted by molar-refractivity contribution is -0.123. The van der Waals surface area contributed by atoms with E-state index in [4.69, 9.17) is 21.3 Å². The van der Waals surface area contributed by atoms with Gasteiger partial charge in [-0.3, -0.25) is 19.3 Å². The number of Topliss-reactive ketones (excluding diaryl/α,β-unsaturated/α-hetero) is 1. The molecule has 2 saturated carbocycles. The molecular formula is C36H31ClN2O5. The number of halogens is 1. The molecule has 7 nitrogen and oxygen atoms in total. The maximum Gasteiger partial charge on any atom is 0.339 e. The second kappa shape index (κ2) is 11.3. The van der Waals surface area contributed by atoms with Crippen molar-refractivity contribution in [2.24, 2.45) is 23.7 Å². The van der Waals surface area contributed by atoms with Gasteiger partial charge in [-0.15, -0.1) is 0 Å². The van der Waals surface area contributed by atoms with Crippen molar-refractivity contribution in [3.05, 3.63) is 95.0 Å². The van der Waals surface area contributed by atoms with E-state index >= 15 is 0 Å². The maximum absolute atomic E-state index is 13.7. The lowest BCUT2D eigenvalue weighted by atomic mass is 9.81. The highest BCUT2D eigenvalue weighted by Gasteiger charge is 2.61. The highest BCUT2D eigenvalue weighted by molar-refractivity contribution is 6.35. The number of benzene rings is 3. The van der Waals surface area contributed by atoms with Gasteiger partial charge in [-0.2, -0.15) is 0 Å². The summed E-state index contributed by atoms with van der Waals surface area (Å²) in [6, 6.07) is 22.7. The van der Waals surface area contributed by atoms with Gasteiger partial charge in [0.2, 0.25) is 17.6 Å². The number of para-hydroxylation sites is 1. The van der Waals surface area contributed by atoms with Gasteiger partial charge < -0.3 is 4.74 Å². The number of aromatic nitrogens is 1. The number of hydrogen-bond donors (Lipinski definition) is 0. The van der Waals surface area contributed by atoms with Gasteiger partial charge in [0.05, 0.1) is 39.3 Å². The zero-order valence-electron chi connectivity index (χ0n) is 24.2. The molecule has 0 N–H and O–H groups in total. The van der Waals surface area contributed by atoms with Crippen LogP contribution in [0, 0.1) is 23.7 Å². The Labute approximate surface area is 260 Å². The topological polar surface area (TPSA) is 93.6 Å².